The van der Waals surface area contributed by atoms with Crippen molar-refractivity contribution >= 4 is 5.97 Å². The molecule has 0 amide bonds. The third-order valence-corrected chi connectivity index (χ3v) is 11.4. The standard InChI is InChI=1S/C50H98N2O2/c1-3-5-7-9-11-13-15-17-19-21-23-25-27-29-31-33-35-37-39-41-45-48(54-50(53)49(52)46-42-43-47-51)44-40-38-36-34-32-30-28-26-24-22-20-18-16-14-12-10-8-6-4-2/h17-20,48-49H,3-16,21-47,51-52H2,1-2H3/b19-17-,20-18-. The predicted octanol–water partition coefficient (Wildman–Crippen LogP) is 15.9. The Morgan fingerprint density at radius 2 is 0.685 bits per heavy atom. The van der Waals surface area contributed by atoms with Crippen LogP contribution in [0.1, 0.15) is 271 Å². The van der Waals surface area contributed by atoms with Gasteiger partial charge in [0.25, 0.3) is 0 Å². The lowest BCUT2D eigenvalue weighted by molar-refractivity contribution is -0.151. The molecule has 0 rings (SSSR count). The van der Waals surface area contributed by atoms with Crippen LogP contribution in [0.25, 0.3) is 0 Å². The van der Waals surface area contributed by atoms with Crippen LogP contribution in [0.4, 0.5) is 0 Å². The molecule has 0 aromatic heterocycles. The van der Waals surface area contributed by atoms with Crippen LogP contribution in [0.3, 0.4) is 0 Å². The average Bonchev–Trinajstić information content (AvgIpc) is 3.17. The molecule has 0 aromatic carbocycles. The minimum absolute atomic E-state index is 0.0308. The normalized spacial score (nSPS) is 13.0. The first-order valence-electron chi connectivity index (χ1n) is 24.6. The first-order chi connectivity index (χ1) is 26.7. The number of hydrogen-bond acceptors (Lipinski definition) is 4. The third kappa shape index (κ3) is 42.0. The summed E-state index contributed by atoms with van der Waals surface area (Å²) in [6, 6.07) is -0.508. The van der Waals surface area contributed by atoms with Crippen LogP contribution in [0.5, 0.6) is 0 Å². The van der Waals surface area contributed by atoms with E-state index in [0.717, 1.165) is 38.5 Å². The topological polar surface area (TPSA) is 78.3 Å². The first-order valence-corrected chi connectivity index (χ1v) is 24.6. The Labute approximate surface area is 339 Å². The van der Waals surface area contributed by atoms with Crippen molar-refractivity contribution in [1.82, 2.24) is 0 Å². The maximum Gasteiger partial charge on any atom is 0.323 e. The van der Waals surface area contributed by atoms with Crippen LogP contribution in [-0.4, -0.2) is 24.7 Å². The fourth-order valence-corrected chi connectivity index (χ4v) is 7.62. The van der Waals surface area contributed by atoms with Gasteiger partial charge >= 0.3 is 5.97 Å². The summed E-state index contributed by atoms with van der Waals surface area (Å²) in [6.07, 6.45) is 61.2. The number of nitrogens with two attached hydrogens (primary N) is 2. The second kappa shape index (κ2) is 46.3. The van der Waals surface area contributed by atoms with Crippen molar-refractivity contribution in [2.75, 3.05) is 6.54 Å². The Morgan fingerprint density at radius 3 is 1.00 bits per heavy atom. The monoisotopic (exact) mass is 759 g/mol. The van der Waals surface area contributed by atoms with Crippen molar-refractivity contribution in [3.05, 3.63) is 24.3 Å². The molecule has 0 saturated carbocycles. The highest BCUT2D eigenvalue weighted by atomic mass is 16.5. The van der Waals surface area contributed by atoms with Gasteiger partial charge in [0.2, 0.25) is 0 Å². The number of ether oxygens (including phenoxy) is 1. The number of carbonyl (C=O) groups is 1. The van der Waals surface area contributed by atoms with Gasteiger partial charge in [0.15, 0.2) is 0 Å². The highest BCUT2D eigenvalue weighted by molar-refractivity contribution is 5.75. The molecule has 0 radical (unpaired) electrons. The van der Waals surface area contributed by atoms with Crippen LogP contribution in [-0.2, 0) is 9.53 Å². The Balaban J connectivity index is 3.94. The van der Waals surface area contributed by atoms with E-state index in [9.17, 15) is 4.79 Å². The van der Waals surface area contributed by atoms with E-state index in [1.807, 2.05) is 0 Å². The van der Waals surface area contributed by atoms with Crippen LogP contribution in [0.2, 0.25) is 0 Å². The maximum atomic E-state index is 12.8. The van der Waals surface area contributed by atoms with Gasteiger partial charge in [0, 0.05) is 0 Å². The molecule has 0 aliphatic carbocycles. The molecular formula is C50H98N2O2. The summed E-state index contributed by atoms with van der Waals surface area (Å²) in [5.74, 6) is -0.200. The van der Waals surface area contributed by atoms with E-state index in [0.29, 0.717) is 13.0 Å². The van der Waals surface area contributed by atoms with Crippen LogP contribution >= 0.6 is 0 Å². The zero-order valence-corrected chi connectivity index (χ0v) is 36.9. The molecule has 2 unspecified atom stereocenters. The van der Waals surface area contributed by atoms with Crippen LogP contribution < -0.4 is 11.5 Å². The van der Waals surface area contributed by atoms with Gasteiger partial charge in [-0.15, -0.1) is 0 Å². The first kappa shape index (κ1) is 52.9. The number of unbranched alkanes of at least 4 members (excludes halogenated alkanes) is 32. The van der Waals surface area contributed by atoms with Crippen molar-refractivity contribution in [2.24, 2.45) is 11.5 Å². The molecule has 0 fully saturated rings. The lowest BCUT2D eigenvalue weighted by Crippen LogP contribution is -2.35. The molecule has 0 spiro atoms. The van der Waals surface area contributed by atoms with E-state index in [1.54, 1.807) is 0 Å². The van der Waals surface area contributed by atoms with Gasteiger partial charge in [0.05, 0.1) is 0 Å². The zero-order valence-electron chi connectivity index (χ0n) is 36.9. The molecule has 0 aliphatic rings. The second-order valence-electron chi connectivity index (χ2n) is 16.9. The second-order valence-corrected chi connectivity index (χ2v) is 16.9. The summed E-state index contributed by atoms with van der Waals surface area (Å²) in [6.45, 7) is 5.23. The fourth-order valence-electron chi connectivity index (χ4n) is 7.62. The van der Waals surface area contributed by atoms with E-state index < -0.39 is 6.04 Å². The number of hydrogen-bond donors (Lipinski definition) is 2. The van der Waals surface area contributed by atoms with Gasteiger partial charge in [-0.25, -0.2) is 0 Å². The molecule has 0 heterocycles. The smallest absolute Gasteiger partial charge is 0.323 e. The number of allylic oxidation sites excluding steroid dienone is 4. The Kier molecular flexibility index (Phi) is 45.3. The van der Waals surface area contributed by atoms with Crippen molar-refractivity contribution in [3.8, 4) is 0 Å². The maximum absolute atomic E-state index is 12.8. The van der Waals surface area contributed by atoms with Crippen molar-refractivity contribution in [1.29, 1.82) is 0 Å². The molecule has 54 heavy (non-hydrogen) atoms. The molecule has 2 atom stereocenters. The lowest BCUT2D eigenvalue weighted by Gasteiger charge is -2.20. The quantitative estimate of drug-likeness (QED) is 0.0368. The van der Waals surface area contributed by atoms with E-state index >= 15 is 0 Å². The van der Waals surface area contributed by atoms with E-state index in [-0.39, 0.29) is 12.1 Å². The predicted molar refractivity (Wildman–Crippen MR) is 241 cm³/mol. The average molecular weight is 759 g/mol. The largest absolute Gasteiger partial charge is 0.461 e. The van der Waals surface area contributed by atoms with Crippen molar-refractivity contribution in [3.63, 3.8) is 0 Å². The number of rotatable bonds is 45. The van der Waals surface area contributed by atoms with Gasteiger partial charge in [-0.3, -0.25) is 4.79 Å². The van der Waals surface area contributed by atoms with Crippen LogP contribution in [0.15, 0.2) is 24.3 Å². The highest BCUT2D eigenvalue weighted by Crippen LogP contribution is 2.19. The minimum atomic E-state index is -0.508. The molecular weight excluding hydrogens is 661 g/mol. The summed E-state index contributed by atoms with van der Waals surface area (Å²) in [7, 11) is 0. The van der Waals surface area contributed by atoms with E-state index in [1.165, 1.54) is 212 Å². The Bertz CT molecular complexity index is 781. The molecule has 0 bridgehead atoms. The number of esters is 1. The summed E-state index contributed by atoms with van der Waals surface area (Å²) in [4.78, 5) is 12.8. The number of carbonyl (C=O) groups excluding carboxylic acids is 1. The molecule has 4 N–H and O–H groups in total. The SMILES string of the molecule is CCCCCCCC/C=C\CCCCCCCCCCCCC(CCCCCCCCCCC/C=C\CCCCCCCC)OC(=O)C(N)CCCCN. The molecule has 320 valence electrons. The zero-order chi connectivity index (χ0) is 39.3. The van der Waals surface area contributed by atoms with Gasteiger partial charge < -0.3 is 16.2 Å². The summed E-state index contributed by atoms with van der Waals surface area (Å²) in [5.41, 5.74) is 11.8. The van der Waals surface area contributed by atoms with Gasteiger partial charge in [-0.1, -0.05) is 205 Å². The van der Waals surface area contributed by atoms with Gasteiger partial charge in [0.1, 0.15) is 12.1 Å². The van der Waals surface area contributed by atoms with Crippen molar-refractivity contribution < 1.29 is 9.53 Å². The van der Waals surface area contributed by atoms with Crippen LogP contribution in [0, 0.1) is 0 Å². The van der Waals surface area contributed by atoms with E-state index in [4.69, 9.17) is 16.2 Å². The van der Waals surface area contributed by atoms with E-state index in [2.05, 4.69) is 38.2 Å². The lowest BCUT2D eigenvalue weighted by atomic mass is 10.0. The summed E-state index contributed by atoms with van der Waals surface area (Å²) >= 11 is 0. The molecule has 4 heteroatoms. The molecule has 4 nitrogen and oxygen atoms in total. The van der Waals surface area contributed by atoms with Crippen molar-refractivity contribution in [2.45, 2.75) is 283 Å². The van der Waals surface area contributed by atoms with Gasteiger partial charge in [-0.2, -0.15) is 0 Å². The highest BCUT2D eigenvalue weighted by Gasteiger charge is 2.20. The molecule has 0 aliphatic heterocycles. The summed E-state index contributed by atoms with van der Waals surface area (Å²) < 4.78 is 6.02. The third-order valence-electron chi connectivity index (χ3n) is 11.4. The van der Waals surface area contributed by atoms with Gasteiger partial charge in [-0.05, 0) is 96.4 Å². The Morgan fingerprint density at radius 1 is 0.407 bits per heavy atom. The Hall–Kier alpha value is -1.13. The molecule has 0 aromatic rings. The summed E-state index contributed by atoms with van der Waals surface area (Å²) in [5, 5.41) is 0. The minimum Gasteiger partial charge on any atom is -0.461 e. The fraction of sp³-hybridized carbons (Fsp3) is 0.900. The molecule has 0 saturated heterocycles.